The number of nitrogens with zero attached hydrogens (tertiary/aromatic N) is 1. The molecule has 0 aliphatic heterocycles. The molecule has 0 spiro atoms. The van der Waals surface area contributed by atoms with Crippen LogP contribution in [-0.2, 0) is 4.74 Å². The maximum atomic E-state index is 12.0. The van der Waals surface area contributed by atoms with E-state index in [2.05, 4.69) is 0 Å². The van der Waals surface area contributed by atoms with Crippen molar-refractivity contribution in [3.63, 3.8) is 0 Å². The van der Waals surface area contributed by atoms with Crippen LogP contribution in [0, 0.1) is 6.92 Å². The van der Waals surface area contributed by atoms with Crippen molar-refractivity contribution in [3.8, 4) is 5.69 Å². The average molecular weight is 301 g/mol. The molecule has 2 rings (SSSR count). The predicted octanol–water partition coefficient (Wildman–Crippen LogP) is 3.44. The van der Waals surface area contributed by atoms with E-state index in [0.29, 0.717) is 17.9 Å². The zero-order valence-corrected chi connectivity index (χ0v) is 12.7. The Morgan fingerprint density at radius 3 is 2.68 bits per heavy atom. The van der Waals surface area contributed by atoms with E-state index in [1.165, 1.54) is 0 Å². The molecule has 2 aromatic rings. The van der Waals surface area contributed by atoms with Gasteiger partial charge in [-0.2, -0.15) is 0 Å². The first kappa shape index (κ1) is 15.8. The van der Waals surface area contributed by atoms with Crippen LogP contribution in [-0.4, -0.2) is 28.2 Å². The van der Waals surface area contributed by atoms with Gasteiger partial charge in [0.2, 0.25) is 0 Å². The summed E-state index contributed by atoms with van der Waals surface area (Å²) in [6, 6.07) is 8.51. The number of carbonyl (C=O) groups excluding carboxylic acids is 1. The van der Waals surface area contributed by atoms with Crippen LogP contribution in [0.15, 0.2) is 36.5 Å². The smallest absolute Gasteiger partial charge is 0.338 e. The Hall–Kier alpha value is -2.56. The Kier molecular flexibility index (Phi) is 4.99. The lowest BCUT2D eigenvalue weighted by Gasteiger charge is -2.09. The molecule has 5 nitrogen and oxygen atoms in total. The quantitative estimate of drug-likeness (QED) is 0.655. The number of aromatic nitrogens is 1. The summed E-state index contributed by atoms with van der Waals surface area (Å²) in [4.78, 5) is 23.1. The first-order chi connectivity index (χ1) is 10.5. The fraction of sp³-hybridized carbons (Fsp3) is 0.294. The van der Waals surface area contributed by atoms with Crippen LogP contribution >= 0.6 is 0 Å². The van der Waals surface area contributed by atoms with Crippen molar-refractivity contribution in [2.75, 3.05) is 6.61 Å². The number of aromatic carboxylic acids is 1. The highest BCUT2D eigenvalue weighted by Gasteiger charge is 2.13. The van der Waals surface area contributed by atoms with Gasteiger partial charge in [0.1, 0.15) is 0 Å². The van der Waals surface area contributed by atoms with E-state index in [9.17, 15) is 9.59 Å². The van der Waals surface area contributed by atoms with Gasteiger partial charge in [0.15, 0.2) is 0 Å². The summed E-state index contributed by atoms with van der Waals surface area (Å²) in [6.07, 6.45) is 3.48. The van der Waals surface area contributed by atoms with Gasteiger partial charge in [-0.05, 0) is 37.6 Å². The third-order valence-electron chi connectivity index (χ3n) is 3.46. The Labute approximate surface area is 129 Å². The molecule has 0 amide bonds. The SMILES string of the molecule is CCCCOC(=O)c1cccc(-n2ccc(C(=O)O)c2C)c1. The molecule has 1 heterocycles. The number of rotatable bonds is 6. The van der Waals surface area contributed by atoms with E-state index >= 15 is 0 Å². The normalized spacial score (nSPS) is 10.5. The molecule has 0 unspecified atom stereocenters. The third-order valence-corrected chi connectivity index (χ3v) is 3.46. The van der Waals surface area contributed by atoms with E-state index in [0.717, 1.165) is 18.5 Å². The lowest BCUT2D eigenvalue weighted by molar-refractivity contribution is 0.0499. The number of hydrogen-bond donors (Lipinski definition) is 1. The highest BCUT2D eigenvalue weighted by molar-refractivity contribution is 5.90. The summed E-state index contributed by atoms with van der Waals surface area (Å²) in [5.74, 6) is -1.33. The van der Waals surface area contributed by atoms with Crippen molar-refractivity contribution in [2.24, 2.45) is 0 Å². The number of carboxylic acids is 1. The largest absolute Gasteiger partial charge is 0.478 e. The van der Waals surface area contributed by atoms with Crippen molar-refractivity contribution >= 4 is 11.9 Å². The molecule has 0 bridgehead atoms. The van der Waals surface area contributed by atoms with Crippen molar-refractivity contribution in [1.29, 1.82) is 0 Å². The fourth-order valence-corrected chi connectivity index (χ4v) is 2.19. The maximum Gasteiger partial charge on any atom is 0.338 e. The van der Waals surface area contributed by atoms with Crippen molar-refractivity contribution in [1.82, 2.24) is 4.57 Å². The standard InChI is InChI=1S/C17H19NO4/c1-3-4-10-22-17(21)13-6-5-7-14(11-13)18-9-8-15(12(18)2)16(19)20/h5-9,11H,3-4,10H2,1-2H3,(H,19,20). The maximum absolute atomic E-state index is 12.0. The number of hydrogen-bond acceptors (Lipinski definition) is 3. The minimum absolute atomic E-state index is 0.246. The number of ether oxygens (including phenoxy) is 1. The van der Waals surface area contributed by atoms with E-state index in [4.69, 9.17) is 9.84 Å². The van der Waals surface area contributed by atoms with Gasteiger partial charge in [-0.1, -0.05) is 19.4 Å². The highest BCUT2D eigenvalue weighted by atomic mass is 16.5. The van der Waals surface area contributed by atoms with Crippen LogP contribution in [0.3, 0.4) is 0 Å². The summed E-state index contributed by atoms with van der Waals surface area (Å²) in [6.45, 7) is 4.17. The molecule has 1 N–H and O–H groups in total. The van der Waals surface area contributed by atoms with Gasteiger partial charge in [0.25, 0.3) is 0 Å². The Morgan fingerprint density at radius 2 is 2.05 bits per heavy atom. The van der Waals surface area contributed by atoms with E-state index in [1.54, 1.807) is 42.0 Å². The summed E-state index contributed by atoms with van der Waals surface area (Å²) in [7, 11) is 0. The highest BCUT2D eigenvalue weighted by Crippen LogP contribution is 2.18. The zero-order chi connectivity index (χ0) is 16.1. The van der Waals surface area contributed by atoms with Crippen molar-refractivity contribution in [2.45, 2.75) is 26.7 Å². The minimum atomic E-state index is -0.966. The Bertz CT molecular complexity index is 688. The van der Waals surface area contributed by atoms with Crippen LogP contribution in [0.25, 0.3) is 5.69 Å². The molecule has 5 heteroatoms. The molecule has 0 fully saturated rings. The molecule has 1 aromatic heterocycles. The van der Waals surface area contributed by atoms with E-state index in [1.807, 2.05) is 13.0 Å². The Morgan fingerprint density at radius 1 is 1.27 bits per heavy atom. The number of benzene rings is 1. The van der Waals surface area contributed by atoms with Crippen molar-refractivity contribution < 1.29 is 19.4 Å². The molecule has 116 valence electrons. The topological polar surface area (TPSA) is 68.5 Å². The molecule has 0 radical (unpaired) electrons. The van der Waals surface area contributed by atoms with Gasteiger partial charge >= 0.3 is 11.9 Å². The van der Waals surface area contributed by atoms with Crippen LogP contribution in [0.5, 0.6) is 0 Å². The first-order valence-corrected chi connectivity index (χ1v) is 7.23. The number of carboxylic acid groups (broad SMARTS) is 1. The van der Waals surface area contributed by atoms with Crippen LogP contribution in [0.2, 0.25) is 0 Å². The molecule has 0 aliphatic rings. The molecule has 1 aromatic carbocycles. The molecule has 22 heavy (non-hydrogen) atoms. The van der Waals surface area contributed by atoms with Crippen molar-refractivity contribution in [3.05, 3.63) is 53.3 Å². The van der Waals surface area contributed by atoms with Gasteiger partial charge in [-0.15, -0.1) is 0 Å². The van der Waals surface area contributed by atoms with Gasteiger partial charge in [-0.3, -0.25) is 0 Å². The van der Waals surface area contributed by atoms with Gasteiger partial charge in [0.05, 0.1) is 17.7 Å². The molecule has 0 saturated carbocycles. The van der Waals surface area contributed by atoms with Crippen LogP contribution in [0.1, 0.15) is 46.2 Å². The van der Waals surface area contributed by atoms with Crippen LogP contribution in [0.4, 0.5) is 0 Å². The summed E-state index contributed by atoms with van der Waals surface area (Å²) in [5.41, 5.74) is 2.05. The number of unbranched alkanes of at least 4 members (excludes halogenated alkanes) is 1. The van der Waals surface area contributed by atoms with Gasteiger partial charge in [-0.25, -0.2) is 9.59 Å². The second-order valence-corrected chi connectivity index (χ2v) is 5.03. The van der Waals surface area contributed by atoms with Crippen LogP contribution < -0.4 is 0 Å². The third kappa shape index (κ3) is 3.36. The first-order valence-electron chi connectivity index (χ1n) is 7.23. The summed E-state index contributed by atoms with van der Waals surface area (Å²) in [5, 5.41) is 9.10. The molecule has 0 atom stereocenters. The number of carbonyl (C=O) groups is 2. The summed E-state index contributed by atoms with van der Waals surface area (Å²) >= 11 is 0. The summed E-state index contributed by atoms with van der Waals surface area (Å²) < 4.78 is 6.93. The van der Waals surface area contributed by atoms with E-state index in [-0.39, 0.29) is 11.5 Å². The molecular weight excluding hydrogens is 282 g/mol. The second kappa shape index (κ2) is 6.93. The lowest BCUT2D eigenvalue weighted by atomic mass is 10.2. The monoisotopic (exact) mass is 301 g/mol. The average Bonchev–Trinajstić information content (AvgIpc) is 2.89. The fourth-order valence-electron chi connectivity index (χ4n) is 2.19. The lowest BCUT2D eigenvalue weighted by Crippen LogP contribution is -2.07. The molecular formula is C17H19NO4. The zero-order valence-electron chi connectivity index (χ0n) is 12.7. The van der Waals surface area contributed by atoms with Gasteiger partial charge < -0.3 is 14.4 Å². The van der Waals surface area contributed by atoms with E-state index < -0.39 is 5.97 Å². The predicted molar refractivity (Wildman–Crippen MR) is 82.7 cm³/mol. The minimum Gasteiger partial charge on any atom is -0.478 e. The number of esters is 1. The molecule has 0 aliphatic carbocycles. The second-order valence-electron chi connectivity index (χ2n) is 5.03. The van der Waals surface area contributed by atoms with Gasteiger partial charge in [0, 0.05) is 17.6 Å². The Balaban J connectivity index is 2.25. The molecule has 0 saturated heterocycles.